The molecule has 0 fully saturated rings. The Kier molecular flexibility index (Phi) is 3.29. The number of benzene rings is 1. The number of anilines is 1. The second kappa shape index (κ2) is 4.51. The summed E-state index contributed by atoms with van der Waals surface area (Å²) in [6.45, 7) is 0.235. The average Bonchev–Trinajstić information content (AvgIpc) is 2.15. The van der Waals surface area contributed by atoms with Gasteiger partial charge in [0.15, 0.2) is 0 Å². The molecule has 0 aliphatic carbocycles. The molecule has 0 saturated heterocycles. The van der Waals surface area contributed by atoms with Gasteiger partial charge in [0.25, 0.3) is 0 Å². The lowest BCUT2D eigenvalue weighted by Gasteiger charge is -2.01. The predicted octanol–water partition coefficient (Wildman–Crippen LogP) is 0.700. The Hall–Kier alpha value is -1.35. The molecule has 0 aromatic heterocycles. The van der Waals surface area contributed by atoms with Gasteiger partial charge in [-0.25, -0.2) is 0 Å². The zero-order valence-corrected chi connectivity index (χ0v) is 6.58. The molecule has 0 aliphatic heterocycles. The Morgan fingerprint density at radius 3 is 2.50 bits per heavy atom. The highest BCUT2D eigenvalue weighted by atomic mass is 16.3. The maximum Gasteiger partial charge on any atom is 0.219 e. The molecule has 0 saturated carbocycles. The van der Waals surface area contributed by atoms with Gasteiger partial charge >= 0.3 is 0 Å². The van der Waals surface area contributed by atoms with E-state index in [9.17, 15) is 4.79 Å². The van der Waals surface area contributed by atoms with Crippen LogP contribution in [0, 0.1) is 0 Å². The van der Waals surface area contributed by atoms with Gasteiger partial charge in [0.1, 0.15) is 0 Å². The standard InChI is InChI=1S/C9H10NO2/c11-6-5-10-9-3-1-8(7-12)2-4-9/h1-4,10,12H,5,7H2. The summed E-state index contributed by atoms with van der Waals surface area (Å²) in [5.74, 6) is 0. The summed E-state index contributed by atoms with van der Waals surface area (Å²) in [5, 5.41) is 11.6. The van der Waals surface area contributed by atoms with Crippen molar-refractivity contribution in [1.82, 2.24) is 0 Å². The van der Waals surface area contributed by atoms with E-state index in [1.54, 1.807) is 18.4 Å². The van der Waals surface area contributed by atoms with Gasteiger partial charge < -0.3 is 10.4 Å². The number of aliphatic hydroxyl groups is 1. The van der Waals surface area contributed by atoms with Crippen LogP contribution < -0.4 is 5.32 Å². The summed E-state index contributed by atoms with van der Waals surface area (Å²) in [5.41, 5.74) is 1.71. The second-order valence-electron chi connectivity index (χ2n) is 2.35. The summed E-state index contributed by atoms with van der Waals surface area (Å²) in [6.07, 6.45) is 1.73. The molecule has 3 nitrogen and oxygen atoms in total. The van der Waals surface area contributed by atoms with Crippen molar-refractivity contribution in [2.75, 3.05) is 11.9 Å². The van der Waals surface area contributed by atoms with Crippen molar-refractivity contribution in [3.63, 3.8) is 0 Å². The predicted molar refractivity (Wildman–Crippen MR) is 46.5 cm³/mol. The molecule has 1 aromatic carbocycles. The van der Waals surface area contributed by atoms with Crippen molar-refractivity contribution < 1.29 is 9.90 Å². The molecule has 1 rings (SSSR count). The van der Waals surface area contributed by atoms with Gasteiger partial charge in [-0.2, -0.15) is 0 Å². The van der Waals surface area contributed by atoms with Crippen molar-refractivity contribution >= 4 is 12.0 Å². The maximum atomic E-state index is 9.87. The molecule has 1 radical (unpaired) electrons. The van der Waals surface area contributed by atoms with E-state index in [0.717, 1.165) is 11.3 Å². The minimum absolute atomic E-state index is 0.0418. The van der Waals surface area contributed by atoms with Crippen molar-refractivity contribution in [2.45, 2.75) is 6.61 Å². The first kappa shape index (κ1) is 8.74. The molecule has 1 aromatic rings. The lowest BCUT2D eigenvalue weighted by Crippen LogP contribution is -2.01. The minimum atomic E-state index is 0.0418. The molecule has 0 aliphatic rings. The Morgan fingerprint density at radius 1 is 1.33 bits per heavy atom. The van der Waals surface area contributed by atoms with Gasteiger partial charge in [-0.3, -0.25) is 4.79 Å². The van der Waals surface area contributed by atoms with Crippen molar-refractivity contribution in [2.24, 2.45) is 0 Å². The lowest BCUT2D eigenvalue weighted by molar-refractivity contribution is 0.282. The molecule has 2 N–H and O–H groups in total. The van der Waals surface area contributed by atoms with Gasteiger partial charge in [-0.1, -0.05) is 12.1 Å². The van der Waals surface area contributed by atoms with E-state index in [0.29, 0.717) is 0 Å². The van der Waals surface area contributed by atoms with E-state index in [1.165, 1.54) is 0 Å². The molecule has 0 bridgehead atoms. The van der Waals surface area contributed by atoms with Crippen LogP contribution in [-0.4, -0.2) is 17.9 Å². The number of hydrogen-bond donors (Lipinski definition) is 2. The van der Waals surface area contributed by atoms with Gasteiger partial charge in [-0.15, -0.1) is 0 Å². The summed E-state index contributed by atoms with van der Waals surface area (Å²) in [7, 11) is 0. The van der Waals surface area contributed by atoms with Gasteiger partial charge in [-0.05, 0) is 17.7 Å². The zero-order chi connectivity index (χ0) is 8.81. The van der Waals surface area contributed by atoms with E-state index in [-0.39, 0.29) is 13.2 Å². The summed E-state index contributed by atoms with van der Waals surface area (Å²) in [6, 6.07) is 7.21. The number of aliphatic hydroxyl groups excluding tert-OH is 1. The first-order chi connectivity index (χ1) is 5.86. The molecule has 0 unspecified atom stereocenters. The SMILES string of the molecule is O=[C]CNc1ccc(CO)cc1. The van der Waals surface area contributed by atoms with Crippen molar-refractivity contribution in [3.05, 3.63) is 29.8 Å². The third kappa shape index (κ3) is 2.36. The first-order valence-electron chi connectivity index (χ1n) is 3.65. The summed E-state index contributed by atoms with van der Waals surface area (Å²) < 4.78 is 0. The molecule has 3 heteroatoms. The van der Waals surface area contributed by atoms with E-state index >= 15 is 0 Å². The summed E-state index contributed by atoms with van der Waals surface area (Å²) in [4.78, 5) is 9.87. The quantitative estimate of drug-likeness (QED) is 0.688. The molecule has 0 atom stereocenters. The highest BCUT2D eigenvalue weighted by molar-refractivity contribution is 5.60. The van der Waals surface area contributed by atoms with E-state index in [1.807, 2.05) is 12.1 Å². The third-order valence-electron chi connectivity index (χ3n) is 1.50. The number of nitrogens with one attached hydrogen (secondary N) is 1. The molecule has 63 valence electrons. The third-order valence-corrected chi connectivity index (χ3v) is 1.50. The molecular weight excluding hydrogens is 154 g/mol. The number of hydrogen-bond acceptors (Lipinski definition) is 3. The van der Waals surface area contributed by atoms with Crippen LogP contribution in [0.1, 0.15) is 5.56 Å². The fourth-order valence-corrected chi connectivity index (χ4v) is 0.866. The van der Waals surface area contributed by atoms with Crippen molar-refractivity contribution in [1.29, 1.82) is 0 Å². The number of carbonyl (C=O) groups excluding carboxylic acids is 1. The number of rotatable bonds is 4. The Labute approximate surface area is 71.0 Å². The van der Waals surface area contributed by atoms with E-state index in [4.69, 9.17) is 5.11 Å². The highest BCUT2D eigenvalue weighted by Gasteiger charge is 1.91. The lowest BCUT2D eigenvalue weighted by atomic mass is 10.2. The molecule has 0 heterocycles. The van der Waals surface area contributed by atoms with Crippen LogP contribution in [0.5, 0.6) is 0 Å². The Morgan fingerprint density at radius 2 is 2.00 bits per heavy atom. The smallest absolute Gasteiger partial charge is 0.219 e. The van der Waals surface area contributed by atoms with Gasteiger partial charge in [0, 0.05) is 5.69 Å². The van der Waals surface area contributed by atoms with Crippen LogP contribution in [0.25, 0.3) is 0 Å². The van der Waals surface area contributed by atoms with E-state index in [2.05, 4.69) is 5.32 Å². The molecule has 12 heavy (non-hydrogen) atoms. The van der Waals surface area contributed by atoms with Crippen LogP contribution >= 0.6 is 0 Å². The Balaban J connectivity index is 2.58. The fraction of sp³-hybridized carbons (Fsp3) is 0.222. The Bertz CT molecular complexity index is 243. The molecule has 0 amide bonds. The normalized spacial score (nSPS) is 9.42. The topological polar surface area (TPSA) is 49.3 Å². The van der Waals surface area contributed by atoms with Crippen LogP contribution in [-0.2, 0) is 11.4 Å². The maximum absolute atomic E-state index is 9.87. The molecular formula is C9H10NO2. The van der Waals surface area contributed by atoms with Gasteiger partial charge in [0.05, 0.1) is 13.2 Å². The van der Waals surface area contributed by atoms with Crippen LogP contribution in [0.2, 0.25) is 0 Å². The van der Waals surface area contributed by atoms with Crippen LogP contribution in [0.3, 0.4) is 0 Å². The van der Waals surface area contributed by atoms with Gasteiger partial charge in [0.2, 0.25) is 6.29 Å². The summed E-state index contributed by atoms with van der Waals surface area (Å²) >= 11 is 0. The first-order valence-corrected chi connectivity index (χ1v) is 3.65. The minimum Gasteiger partial charge on any atom is -0.392 e. The highest BCUT2D eigenvalue weighted by Crippen LogP contribution is 2.08. The van der Waals surface area contributed by atoms with E-state index < -0.39 is 0 Å². The largest absolute Gasteiger partial charge is 0.392 e. The zero-order valence-electron chi connectivity index (χ0n) is 6.58. The van der Waals surface area contributed by atoms with Crippen molar-refractivity contribution in [3.8, 4) is 0 Å². The second-order valence-corrected chi connectivity index (χ2v) is 2.35. The van der Waals surface area contributed by atoms with Crippen LogP contribution in [0.4, 0.5) is 5.69 Å². The monoisotopic (exact) mass is 164 g/mol. The fourth-order valence-electron chi connectivity index (χ4n) is 0.866. The van der Waals surface area contributed by atoms with Crippen LogP contribution in [0.15, 0.2) is 24.3 Å². The average molecular weight is 164 g/mol. The molecule has 0 spiro atoms.